The highest BCUT2D eigenvalue weighted by Crippen LogP contribution is 2.26. The van der Waals surface area contributed by atoms with Crippen LogP contribution in [0.25, 0.3) is 0 Å². The molecule has 1 aliphatic heterocycles. The molecule has 1 aliphatic rings. The number of nitrogens with zero attached hydrogens (tertiary/aromatic N) is 1. The number of carboxylic acids is 1. The summed E-state index contributed by atoms with van der Waals surface area (Å²) < 4.78 is 0. The van der Waals surface area contributed by atoms with Crippen LogP contribution < -0.4 is 0 Å². The molecule has 0 aliphatic carbocycles. The number of hydrogen-bond donors (Lipinski definition) is 2. The minimum Gasteiger partial charge on any atom is -0.507 e. The third kappa shape index (κ3) is 3.51. The second-order valence-corrected chi connectivity index (χ2v) is 5.80. The van der Waals surface area contributed by atoms with Crippen molar-refractivity contribution in [1.29, 1.82) is 0 Å². The fraction of sp³-hybridized carbons (Fsp3) is 0.562. The van der Waals surface area contributed by atoms with Crippen LogP contribution in [0.1, 0.15) is 42.4 Å². The number of carboxylic acid groups (broad SMARTS) is 1. The fourth-order valence-electron chi connectivity index (χ4n) is 3.07. The highest BCUT2D eigenvalue weighted by molar-refractivity contribution is 5.67. The van der Waals surface area contributed by atoms with Crippen molar-refractivity contribution in [3.05, 3.63) is 28.8 Å². The molecule has 20 heavy (non-hydrogen) atoms. The van der Waals surface area contributed by atoms with Gasteiger partial charge in [0.1, 0.15) is 5.75 Å². The van der Waals surface area contributed by atoms with Gasteiger partial charge in [0.15, 0.2) is 0 Å². The standard InChI is InChI=1S/C16H23NO3/c1-11-7-13(8-12(2)16(11)20)10-17-6-4-3-5-14(17)9-15(18)19/h7-8,14,20H,3-6,9-10H2,1-2H3,(H,18,19). The van der Waals surface area contributed by atoms with E-state index in [1.807, 2.05) is 26.0 Å². The maximum absolute atomic E-state index is 11.0. The molecule has 2 N–H and O–H groups in total. The van der Waals surface area contributed by atoms with Crippen molar-refractivity contribution in [2.45, 2.75) is 52.1 Å². The third-order valence-corrected chi connectivity index (χ3v) is 4.10. The van der Waals surface area contributed by atoms with Crippen molar-refractivity contribution in [3.63, 3.8) is 0 Å². The molecule has 1 aromatic carbocycles. The van der Waals surface area contributed by atoms with Crippen molar-refractivity contribution in [1.82, 2.24) is 4.90 Å². The number of rotatable bonds is 4. The van der Waals surface area contributed by atoms with E-state index < -0.39 is 5.97 Å². The molecular formula is C16H23NO3. The third-order valence-electron chi connectivity index (χ3n) is 4.10. The SMILES string of the molecule is Cc1cc(CN2CCCCC2CC(=O)O)cc(C)c1O. The van der Waals surface area contributed by atoms with E-state index in [1.165, 1.54) is 0 Å². The number of carbonyl (C=O) groups is 1. The quantitative estimate of drug-likeness (QED) is 0.888. The summed E-state index contributed by atoms with van der Waals surface area (Å²) in [6.45, 7) is 5.52. The lowest BCUT2D eigenvalue weighted by Crippen LogP contribution is -2.40. The molecule has 0 spiro atoms. The largest absolute Gasteiger partial charge is 0.507 e. The van der Waals surface area contributed by atoms with Gasteiger partial charge in [0.05, 0.1) is 6.42 Å². The van der Waals surface area contributed by atoms with Crippen LogP contribution in [0, 0.1) is 13.8 Å². The molecule has 0 saturated carbocycles. The Hall–Kier alpha value is -1.55. The first-order valence-corrected chi connectivity index (χ1v) is 7.22. The lowest BCUT2D eigenvalue weighted by molar-refractivity contribution is -0.138. The first kappa shape index (κ1) is 14.9. The molecule has 0 aromatic heterocycles. The van der Waals surface area contributed by atoms with Crippen LogP contribution in [0.4, 0.5) is 0 Å². The molecule has 2 rings (SSSR count). The van der Waals surface area contributed by atoms with Crippen LogP contribution in [-0.4, -0.2) is 33.7 Å². The molecule has 1 aromatic rings. The zero-order chi connectivity index (χ0) is 14.7. The maximum atomic E-state index is 11.0. The van der Waals surface area contributed by atoms with E-state index in [2.05, 4.69) is 4.90 Å². The molecule has 0 bridgehead atoms. The van der Waals surface area contributed by atoms with E-state index in [9.17, 15) is 9.90 Å². The minimum atomic E-state index is -0.722. The summed E-state index contributed by atoms with van der Waals surface area (Å²) in [7, 11) is 0. The highest BCUT2D eigenvalue weighted by Gasteiger charge is 2.24. The normalized spacial score (nSPS) is 20.0. The van der Waals surface area contributed by atoms with Gasteiger partial charge >= 0.3 is 5.97 Å². The summed E-state index contributed by atoms with van der Waals surface area (Å²) in [5.74, 6) is -0.366. The van der Waals surface area contributed by atoms with Crippen molar-refractivity contribution in [3.8, 4) is 5.75 Å². The Kier molecular flexibility index (Phi) is 4.65. The zero-order valence-corrected chi connectivity index (χ0v) is 12.2. The first-order valence-electron chi connectivity index (χ1n) is 7.22. The van der Waals surface area contributed by atoms with Crippen LogP contribution in [-0.2, 0) is 11.3 Å². The van der Waals surface area contributed by atoms with Gasteiger partial charge in [0.2, 0.25) is 0 Å². The highest BCUT2D eigenvalue weighted by atomic mass is 16.4. The summed E-state index contributed by atoms with van der Waals surface area (Å²) in [6, 6.07) is 4.12. The van der Waals surface area contributed by atoms with Gasteiger partial charge in [-0.2, -0.15) is 0 Å². The molecule has 0 amide bonds. The van der Waals surface area contributed by atoms with Crippen LogP contribution in [0.15, 0.2) is 12.1 Å². The van der Waals surface area contributed by atoms with Gasteiger partial charge in [0, 0.05) is 12.6 Å². The number of hydrogen-bond acceptors (Lipinski definition) is 3. The Balaban J connectivity index is 2.12. The van der Waals surface area contributed by atoms with E-state index in [1.54, 1.807) is 0 Å². The molecule has 110 valence electrons. The molecule has 4 nitrogen and oxygen atoms in total. The average molecular weight is 277 g/mol. The molecule has 0 radical (unpaired) electrons. The number of aliphatic carboxylic acids is 1. The number of benzene rings is 1. The lowest BCUT2D eigenvalue weighted by Gasteiger charge is -2.35. The maximum Gasteiger partial charge on any atom is 0.304 e. The average Bonchev–Trinajstić information content (AvgIpc) is 2.37. The van der Waals surface area contributed by atoms with Crippen molar-refractivity contribution >= 4 is 5.97 Å². The molecule has 1 fully saturated rings. The smallest absolute Gasteiger partial charge is 0.304 e. The monoisotopic (exact) mass is 277 g/mol. The van der Waals surface area contributed by atoms with Crippen LogP contribution in [0.3, 0.4) is 0 Å². The number of piperidine rings is 1. The lowest BCUT2D eigenvalue weighted by atomic mass is 9.97. The van der Waals surface area contributed by atoms with E-state index in [0.29, 0.717) is 5.75 Å². The Morgan fingerprint density at radius 3 is 2.55 bits per heavy atom. The van der Waals surface area contributed by atoms with E-state index in [-0.39, 0.29) is 12.5 Å². The molecular weight excluding hydrogens is 254 g/mol. The fourth-order valence-corrected chi connectivity index (χ4v) is 3.07. The number of aromatic hydroxyl groups is 1. The van der Waals surface area contributed by atoms with Gasteiger partial charge in [-0.1, -0.05) is 18.6 Å². The van der Waals surface area contributed by atoms with Crippen molar-refractivity contribution in [2.75, 3.05) is 6.54 Å². The van der Waals surface area contributed by atoms with E-state index in [4.69, 9.17) is 5.11 Å². The predicted molar refractivity (Wildman–Crippen MR) is 77.9 cm³/mol. The topological polar surface area (TPSA) is 60.8 Å². The van der Waals surface area contributed by atoms with Gasteiger partial charge in [-0.15, -0.1) is 0 Å². The number of phenolic OH excluding ortho intramolecular Hbond substituents is 1. The number of likely N-dealkylation sites (tertiary alicyclic amines) is 1. The Morgan fingerprint density at radius 1 is 1.30 bits per heavy atom. The molecule has 4 heteroatoms. The van der Waals surface area contributed by atoms with Crippen LogP contribution in [0.2, 0.25) is 0 Å². The first-order chi connectivity index (χ1) is 9.47. The number of phenols is 1. The summed E-state index contributed by atoms with van der Waals surface area (Å²) in [5.41, 5.74) is 2.91. The molecule has 1 heterocycles. The summed E-state index contributed by atoms with van der Waals surface area (Å²) in [4.78, 5) is 13.2. The summed E-state index contributed by atoms with van der Waals surface area (Å²) in [6.07, 6.45) is 3.42. The van der Waals surface area contributed by atoms with Crippen molar-refractivity contribution < 1.29 is 15.0 Å². The second-order valence-electron chi connectivity index (χ2n) is 5.80. The molecule has 1 saturated heterocycles. The van der Waals surface area contributed by atoms with Gasteiger partial charge < -0.3 is 10.2 Å². The molecule has 1 atom stereocenters. The van der Waals surface area contributed by atoms with Crippen LogP contribution in [0.5, 0.6) is 5.75 Å². The molecule has 1 unspecified atom stereocenters. The second kappa shape index (κ2) is 6.27. The summed E-state index contributed by atoms with van der Waals surface area (Å²) in [5, 5.41) is 18.8. The minimum absolute atomic E-state index is 0.135. The van der Waals surface area contributed by atoms with Gasteiger partial charge in [-0.25, -0.2) is 0 Å². The summed E-state index contributed by atoms with van der Waals surface area (Å²) >= 11 is 0. The van der Waals surface area contributed by atoms with Crippen molar-refractivity contribution in [2.24, 2.45) is 0 Å². The number of aryl methyl sites for hydroxylation is 2. The van der Waals surface area contributed by atoms with Gasteiger partial charge in [-0.3, -0.25) is 9.69 Å². The predicted octanol–water partition coefficient (Wildman–Crippen LogP) is 2.84. The van der Waals surface area contributed by atoms with Gasteiger partial charge in [0.25, 0.3) is 0 Å². The zero-order valence-electron chi connectivity index (χ0n) is 12.2. The Labute approximate surface area is 120 Å². The van der Waals surface area contributed by atoms with E-state index >= 15 is 0 Å². The Bertz CT molecular complexity index is 475. The van der Waals surface area contributed by atoms with Crippen LogP contribution >= 0.6 is 0 Å². The van der Waals surface area contributed by atoms with Gasteiger partial charge in [-0.05, 0) is 49.9 Å². The van der Waals surface area contributed by atoms with E-state index in [0.717, 1.165) is 49.0 Å². The Morgan fingerprint density at radius 2 is 1.95 bits per heavy atom.